The zero-order chi connectivity index (χ0) is 18.6. The van der Waals surface area contributed by atoms with Gasteiger partial charge in [-0.25, -0.2) is 4.79 Å². The Morgan fingerprint density at radius 1 is 1.20 bits per heavy atom. The van der Waals surface area contributed by atoms with Gasteiger partial charge in [0, 0.05) is 19.0 Å². The number of benzene rings is 1. The van der Waals surface area contributed by atoms with E-state index in [0.717, 1.165) is 5.56 Å². The summed E-state index contributed by atoms with van der Waals surface area (Å²) in [7, 11) is 1.58. The molecule has 0 unspecified atom stereocenters. The molecule has 2 rings (SSSR count). The van der Waals surface area contributed by atoms with Gasteiger partial charge in [-0.2, -0.15) is 0 Å². The topological polar surface area (TPSA) is 67.9 Å². The van der Waals surface area contributed by atoms with Crippen molar-refractivity contribution < 1.29 is 19.1 Å². The Morgan fingerprint density at radius 2 is 1.84 bits per heavy atom. The van der Waals surface area contributed by atoms with Crippen LogP contribution in [0, 0.1) is 12.8 Å². The first-order valence-corrected chi connectivity index (χ1v) is 8.63. The number of amides is 2. The van der Waals surface area contributed by atoms with Gasteiger partial charge < -0.3 is 19.7 Å². The molecule has 0 spiro atoms. The number of nitrogens with one attached hydrogen (secondary N) is 1. The zero-order valence-electron chi connectivity index (χ0n) is 15.7. The Hall–Kier alpha value is -2.24. The van der Waals surface area contributed by atoms with Crippen molar-refractivity contribution in [3.8, 4) is 5.75 Å². The number of nitrogens with zero attached hydrogens (tertiary/aromatic N) is 1. The highest BCUT2D eigenvalue weighted by Gasteiger charge is 2.30. The normalized spacial score (nSPS) is 15.6. The summed E-state index contributed by atoms with van der Waals surface area (Å²) in [5, 5.41) is 2.96. The van der Waals surface area contributed by atoms with E-state index in [0.29, 0.717) is 37.4 Å². The van der Waals surface area contributed by atoms with Crippen LogP contribution in [-0.4, -0.2) is 42.7 Å². The van der Waals surface area contributed by atoms with Gasteiger partial charge in [0.15, 0.2) is 0 Å². The van der Waals surface area contributed by atoms with E-state index in [1.807, 2.05) is 45.9 Å². The van der Waals surface area contributed by atoms with Crippen molar-refractivity contribution in [3.63, 3.8) is 0 Å². The first-order chi connectivity index (χ1) is 11.7. The molecular formula is C19H28N2O4. The third-order valence-corrected chi connectivity index (χ3v) is 4.13. The standard InChI is InChI=1S/C19H28N2O4/c1-13-6-7-16(24-5)15(12-13)20-17(22)14-8-10-21(11-9-14)18(23)25-19(2,3)4/h6-7,12,14H,8-11H2,1-5H3,(H,20,22). The minimum atomic E-state index is -0.507. The number of ether oxygens (including phenoxy) is 2. The lowest BCUT2D eigenvalue weighted by atomic mass is 9.96. The molecule has 25 heavy (non-hydrogen) atoms. The summed E-state index contributed by atoms with van der Waals surface area (Å²) in [6.45, 7) is 8.56. The Kier molecular flexibility index (Phi) is 5.93. The fraction of sp³-hybridized carbons (Fsp3) is 0.579. The molecule has 0 aromatic heterocycles. The van der Waals surface area contributed by atoms with E-state index in [1.54, 1.807) is 12.0 Å². The van der Waals surface area contributed by atoms with Crippen LogP contribution in [-0.2, 0) is 9.53 Å². The molecule has 6 nitrogen and oxygen atoms in total. The second-order valence-corrected chi connectivity index (χ2v) is 7.43. The Bertz CT molecular complexity index is 629. The fourth-order valence-electron chi connectivity index (χ4n) is 2.81. The van der Waals surface area contributed by atoms with Crippen molar-refractivity contribution in [2.75, 3.05) is 25.5 Å². The second kappa shape index (κ2) is 7.76. The first-order valence-electron chi connectivity index (χ1n) is 8.63. The van der Waals surface area contributed by atoms with Gasteiger partial charge in [0.1, 0.15) is 11.4 Å². The summed E-state index contributed by atoms with van der Waals surface area (Å²) in [6, 6.07) is 5.68. The molecule has 0 saturated carbocycles. The summed E-state index contributed by atoms with van der Waals surface area (Å²) in [4.78, 5) is 26.3. The van der Waals surface area contributed by atoms with E-state index in [9.17, 15) is 9.59 Å². The molecule has 138 valence electrons. The number of piperidine rings is 1. The lowest BCUT2D eigenvalue weighted by molar-refractivity contribution is -0.121. The van der Waals surface area contributed by atoms with Gasteiger partial charge in [0.2, 0.25) is 5.91 Å². The van der Waals surface area contributed by atoms with Crippen molar-refractivity contribution in [3.05, 3.63) is 23.8 Å². The molecule has 0 bridgehead atoms. The van der Waals surface area contributed by atoms with Crippen molar-refractivity contribution in [1.82, 2.24) is 4.90 Å². The smallest absolute Gasteiger partial charge is 0.410 e. The molecule has 1 heterocycles. The van der Waals surface area contributed by atoms with E-state index < -0.39 is 5.60 Å². The molecule has 2 amide bonds. The summed E-state index contributed by atoms with van der Waals surface area (Å²) in [5.41, 5.74) is 1.23. The second-order valence-electron chi connectivity index (χ2n) is 7.43. The number of carbonyl (C=O) groups excluding carboxylic acids is 2. The predicted octanol–water partition coefficient (Wildman–Crippen LogP) is 3.59. The molecule has 1 aromatic rings. The Labute approximate surface area is 149 Å². The van der Waals surface area contributed by atoms with E-state index in [-0.39, 0.29) is 17.9 Å². The quantitative estimate of drug-likeness (QED) is 0.906. The van der Waals surface area contributed by atoms with Crippen LogP contribution in [0.25, 0.3) is 0 Å². The van der Waals surface area contributed by atoms with E-state index >= 15 is 0 Å². The Morgan fingerprint density at radius 3 is 2.40 bits per heavy atom. The van der Waals surface area contributed by atoms with E-state index in [4.69, 9.17) is 9.47 Å². The number of methoxy groups -OCH3 is 1. The number of carbonyl (C=O) groups is 2. The number of anilines is 1. The molecular weight excluding hydrogens is 320 g/mol. The molecule has 1 fully saturated rings. The predicted molar refractivity (Wildman–Crippen MR) is 96.9 cm³/mol. The zero-order valence-corrected chi connectivity index (χ0v) is 15.7. The molecule has 0 radical (unpaired) electrons. The third kappa shape index (κ3) is 5.37. The number of hydrogen-bond acceptors (Lipinski definition) is 4. The van der Waals surface area contributed by atoms with Gasteiger partial charge in [-0.05, 0) is 58.2 Å². The number of aryl methyl sites for hydroxylation is 1. The largest absolute Gasteiger partial charge is 0.495 e. The van der Waals surface area contributed by atoms with Crippen molar-refractivity contribution >= 4 is 17.7 Å². The summed E-state index contributed by atoms with van der Waals surface area (Å²) in [6.07, 6.45) is 0.935. The van der Waals surface area contributed by atoms with Crippen LogP contribution in [0.15, 0.2) is 18.2 Å². The summed E-state index contributed by atoms with van der Waals surface area (Å²) in [5.74, 6) is 0.488. The van der Waals surface area contributed by atoms with Crippen LogP contribution in [0.4, 0.5) is 10.5 Å². The number of likely N-dealkylation sites (tertiary alicyclic amines) is 1. The Balaban J connectivity index is 1.91. The molecule has 1 N–H and O–H groups in total. The first kappa shape index (κ1) is 19.1. The van der Waals surface area contributed by atoms with Gasteiger partial charge in [-0.15, -0.1) is 0 Å². The van der Waals surface area contributed by atoms with Crippen LogP contribution in [0.5, 0.6) is 5.75 Å². The van der Waals surface area contributed by atoms with Gasteiger partial charge >= 0.3 is 6.09 Å². The van der Waals surface area contributed by atoms with Crippen LogP contribution in [0.2, 0.25) is 0 Å². The summed E-state index contributed by atoms with van der Waals surface area (Å²) < 4.78 is 10.7. The molecule has 1 aliphatic rings. The van der Waals surface area contributed by atoms with Crippen LogP contribution in [0.1, 0.15) is 39.2 Å². The minimum Gasteiger partial charge on any atom is -0.495 e. The highest BCUT2D eigenvalue weighted by atomic mass is 16.6. The maximum absolute atomic E-state index is 12.6. The maximum atomic E-state index is 12.6. The molecule has 0 atom stereocenters. The van der Waals surface area contributed by atoms with Gasteiger partial charge in [-0.3, -0.25) is 4.79 Å². The monoisotopic (exact) mass is 348 g/mol. The lowest BCUT2D eigenvalue weighted by Gasteiger charge is -2.33. The van der Waals surface area contributed by atoms with Crippen LogP contribution in [0.3, 0.4) is 0 Å². The van der Waals surface area contributed by atoms with E-state index in [2.05, 4.69) is 5.32 Å². The number of rotatable bonds is 3. The molecule has 6 heteroatoms. The third-order valence-electron chi connectivity index (χ3n) is 4.13. The maximum Gasteiger partial charge on any atom is 0.410 e. The highest BCUT2D eigenvalue weighted by Crippen LogP contribution is 2.27. The average molecular weight is 348 g/mol. The molecule has 0 aliphatic carbocycles. The van der Waals surface area contributed by atoms with Crippen molar-refractivity contribution in [2.45, 2.75) is 46.1 Å². The molecule has 1 aliphatic heterocycles. The molecule has 1 aromatic carbocycles. The van der Waals surface area contributed by atoms with E-state index in [1.165, 1.54) is 0 Å². The van der Waals surface area contributed by atoms with Gasteiger partial charge in [0.05, 0.1) is 12.8 Å². The van der Waals surface area contributed by atoms with Gasteiger partial charge in [0.25, 0.3) is 0 Å². The molecule has 1 saturated heterocycles. The van der Waals surface area contributed by atoms with Crippen molar-refractivity contribution in [2.24, 2.45) is 5.92 Å². The highest BCUT2D eigenvalue weighted by molar-refractivity contribution is 5.94. The SMILES string of the molecule is COc1ccc(C)cc1NC(=O)C1CCN(C(=O)OC(C)(C)C)CC1. The minimum absolute atomic E-state index is 0.0345. The van der Waals surface area contributed by atoms with Crippen LogP contribution >= 0.6 is 0 Å². The average Bonchev–Trinajstić information content (AvgIpc) is 2.53. The van der Waals surface area contributed by atoms with Gasteiger partial charge in [-0.1, -0.05) is 6.07 Å². The number of hydrogen-bond donors (Lipinski definition) is 1. The van der Waals surface area contributed by atoms with Crippen LogP contribution < -0.4 is 10.1 Å². The lowest BCUT2D eigenvalue weighted by Crippen LogP contribution is -2.43. The fourth-order valence-corrected chi connectivity index (χ4v) is 2.81. The van der Waals surface area contributed by atoms with Crippen molar-refractivity contribution in [1.29, 1.82) is 0 Å². The summed E-state index contributed by atoms with van der Waals surface area (Å²) >= 11 is 0.